The van der Waals surface area contributed by atoms with Gasteiger partial charge in [0.1, 0.15) is 0 Å². The van der Waals surface area contributed by atoms with Crippen molar-refractivity contribution in [2.75, 3.05) is 20.1 Å². The van der Waals surface area contributed by atoms with E-state index in [2.05, 4.69) is 0 Å². The molecule has 1 unspecified atom stereocenters. The zero-order valence-corrected chi connectivity index (χ0v) is 10.4. The number of rotatable bonds is 3. The molecule has 0 bridgehead atoms. The molecule has 0 aromatic heterocycles. The molecular weight excluding hydrogens is 252 g/mol. The van der Waals surface area contributed by atoms with Gasteiger partial charge >= 0.3 is 6.03 Å². The highest BCUT2D eigenvalue weighted by molar-refractivity contribution is 5.77. The Morgan fingerprint density at radius 1 is 1.42 bits per heavy atom. The Kier molecular flexibility index (Phi) is 3.65. The van der Waals surface area contributed by atoms with Crippen LogP contribution >= 0.6 is 0 Å². The van der Waals surface area contributed by atoms with Crippen LogP contribution in [0.25, 0.3) is 0 Å². The largest absolute Gasteiger partial charge is 0.321 e. The Bertz CT molecular complexity index is 541. The quantitative estimate of drug-likeness (QED) is 0.841. The first-order valence-corrected chi connectivity index (χ1v) is 5.88. The van der Waals surface area contributed by atoms with E-state index in [0.717, 1.165) is 12.1 Å². The highest BCUT2D eigenvalue weighted by Gasteiger charge is 2.35. The predicted molar refractivity (Wildman–Crippen MR) is 64.1 cm³/mol. The molecule has 0 spiro atoms. The SMILES string of the molecule is CN1C(=O)N(CCC#N)CC1c1ccc(F)c(F)c1. The number of benzene rings is 1. The van der Waals surface area contributed by atoms with Crippen LogP contribution in [0.2, 0.25) is 0 Å². The Hall–Kier alpha value is -2.16. The second kappa shape index (κ2) is 5.22. The van der Waals surface area contributed by atoms with Gasteiger partial charge in [-0.2, -0.15) is 5.26 Å². The number of carbonyl (C=O) groups excluding carboxylic acids is 1. The van der Waals surface area contributed by atoms with Crippen molar-refractivity contribution in [1.29, 1.82) is 5.26 Å². The number of nitrogens with zero attached hydrogens (tertiary/aromatic N) is 3. The van der Waals surface area contributed by atoms with Crippen LogP contribution in [0.15, 0.2) is 18.2 Å². The Morgan fingerprint density at radius 2 is 2.16 bits per heavy atom. The zero-order valence-electron chi connectivity index (χ0n) is 10.4. The van der Waals surface area contributed by atoms with Crippen molar-refractivity contribution in [3.63, 3.8) is 0 Å². The topological polar surface area (TPSA) is 47.3 Å². The average molecular weight is 265 g/mol. The van der Waals surface area contributed by atoms with Gasteiger partial charge in [0.25, 0.3) is 0 Å². The van der Waals surface area contributed by atoms with Gasteiger partial charge in [-0.15, -0.1) is 0 Å². The molecule has 1 aliphatic heterocycles. The fourth-order valence-electron chi connectivity index (χ4n) is 2.19. The first-order valence-electron chi connectivity index (χ1n) is 5.88. The lowest BCUT2D eigenvalue weighted by molar-refractivity contribution is 0.196. The predicted octanol–water partition coefficient (Wildman–Crippen LogP) is 2.29. The van der Waals surface area contributed by atoms with Gasteiger partial charge in [0.2, 0.25) is 0 Å². The van der Waals surface area contributed by atoms with E-state index in [1.54, 1.807) is 7.05 Å². The van der Waals surface area contributed by atoms with Gasteiger partial charge < -0.3 is 9.80 Å². The summed E-state index contributed by atoms with van der Waals surface area (Å²) < 4.78 is 26.1. The second-order valence-electron chi connectivity index (χ2n) is 4.44. The summed E-state index contributed by atoms with van der Waals surface area (Å²) in [5.74, 6) is -1.83. The Labute approximate surface area is 109 Å². The van der Waals surface area contributed by atoms with E-state index in [-0.39, 0.29) is 18.5 Å². The summed E-state index contributed by atoms with van der Waals surface area (Å²) in [6.45, 7) is 0.724. The molecule has 0 radical (unpaired) electrons. The van der Waals surface area contributed by atoms with Crippen molar-refractivity contribution in [3.05, 3.63) is 35.4 Å². The van der Waals surface area contributed by atoms with Crippen molar-refractivity contribution < 1.29 is 13.6 Å². The molecule has 6 heteroatoms. The molecular formula is C13H13F2N3O. The molecule has 0 aliphatic carbocycles. The summed E-state index contributed by atoms with van der Waals surface area (Å²) in [4.78, 5) is 14.9. The van der Waals surface area contributed by atoms with Gasteiger partial charge in [-0.1, -0.05) is 6.07 Å². The summed E-state index contributed by atoms with van der Waals surface area (Å²) >= 11 is 0. The van der Waals surface area contributed by atoms with Gasteiger partial charge in [-0.3, -0.25) is 0 Å². The molecule has 1 aromatic carbocycles. The maximum atomic E-state index is 13.2. The monoisotopic (exact) mass is 265 g/mol. The van der Waals surface area contributed by atoms with Gasteiger partial charge in [-0.05, 0) is 17.7 Å². The summed E-state index contributed by atoms with van der Waals surface area (Å²) in [6, 6.07) is 5.10. The molecule has 0 N–H and O–H groups in total. The van der Waals surface area contributed by atoms with E-state index in [9.17, 15) is 13.6 Å². The summed E-state index contributed by atoms with van der Waals surface area (Å²) in [7, 11) is 1.61. The Morgan fingerprint density at radius 3 is 2.79 bits per heavy atom. The number of hydrogen-bond acceptors (Lipinski definition) is 2. The van der Waals surface area contributed by atoms with Gasteiger partial charge in [-0.25, -0.2) is 13.6 Å². The minimum atomic E-state index is -0.922. The molecule has 1 aromatic rings. The third kappa shape index (κ3) is 2.50. The van der Waals surface area contributed by atoms with Gasteiger partial charge in [0.05, 0.1) is 18.5 Å². The van der Waals surface area contributed by atoms with Crippen LogP contribution in [0.1, 0.15) is 18.0 Å². The smallest absolute Gasteiger partial charge is 0.320 e. The van der Waals surface area contributed by atoms with Crippen molar-refractivity contribution in [2.24, 2.45) is 0 Å². The van der Waals surface area contributed by atoms with Crippen molar-refractivity contribution in [3.8, 4) is 6.07 Å². The maximum Gasteiger partial charge on any atom is 0.320 e. The fourth-order valence-corrected chi connectivity index (χ4v) is 2.19. The molecule has 1 saturated heterocycles. The van der Waals surface area contributed by atoms with Crippen LogP contribution in [-0.2, 0) is 0 Å². The maximum absolute atomic E-state index is 13.2. The molecule has 1 aliphatic rings. The van der Waals surface area contributed by atoms with Crippen molar-refractivity contribution >= 4 is 6.03 Å². The molecule has 1 atom stereocenters. The molecule has 19 heavy (non-hydrogen) atoms. The molecule has 1 heterocycles. The third-order valence-electron chi connectivity index (χ3n) is 3.26. The van der Waals surface area contributed by atoms with Crippen LogP contribution in [0.4, 0.5) is 13.6 Å². The lowest BCUT2D eigenvalue weighted by Crippen LogP contribution is -2.30. The highest BCUT2D eigenvalue weighted by Crippen LogP contribution is 2.28. The summed E-state index contributed by atoms with van der Waals surface area (Å²) in [5, 5.41) is 8.54. The molecule has 2 amide bonds. The number of urea groups is 1. The van der Waals surface area contributed by atoms with Crippen molar-refractivity contribution in [1.82, 2.24) is 9.80 Å². The number of amides is 2. The fraction of sp³-hybridized carbons (Fsp3) is 0.385. The van der Waals surface area contributed by atoms with Gasteiger partial charge in [0.15, 0.2) is 11.6 Å². The lowest BCUT2D eigenvalue weighted by atomic mass is 10.1. The number of likely N-dealkylation sites (N-methyl/N-ethyl adjacent to an activating group) is 1. The first kappa shape index (κ1) is 13.3. The number of halogens is 2. The molecule has 4 nitrogen and oxygen atoms in total. The number of hydrogen-bond donors (Lipinski definition) is 0. The van der Waals surface area contributed by atoms with E-state index in [1.165, 1.54) is 15.9 Å². The minimum Gasteiger partial charge on any atom is -0.321 e. The molecule has 0 saturated carbocycles. The molecule has 2 rings (SSSR count). The standard InChI is InChI=1S/C13H13F2N3O/c1-17-12(8-18(13(17)19)6-2-5-16)9-3-4-10(14)11(15)7-9/h3-4,7,12H,2,6,8H2,1H3. The van der Waals surface area contributed by atoms with Crippen LogP contribution in [0.3, 0.4) is 0 Å². The van der Waals surface area contributed by atoms with Crippen LogP contribution < -0.4 is 0 Å². The van der Waals surface area contributed by atoms with Crippen LogP contribution in [0.5, 0.6) is 0 Å². The van der Waals surface area contributed by atoms with E-state index in [0.29, 0.717) is 18.7 Å². The Balaban J connectivity index is 2.19. The van der Waals surface area contributed by atoms with E-state index < -0.39 is 11.6 Å². The van der Waals surface area contributed by atoms with E-state index in [4.69, 9.17) is 5.26 Å². The summed E-state index contributed by atoms with van der Waals surface area (Å²) in [5.41, 5.74) is 0.550. The molecule has 1 fully saturated rings. The average Bonchev–Trinajstić information content (AvgIpc) is 2.67. The zero-order chi connectivity index (χ0) is 14.0. The minimum absolute atomic E-state index is 0.204. The normalized spacial score (nSPS) is 18.8. The highest BCUT2D eigenvalue weighted by atomic mass is 19.2. The number of carbonyl (C=O) groups is 1. The van der Waals surface area contributed by atoms with Gasteiger partial charge in [0, 0.05) is 20.1 Å². The summed E-state index contributed by atoms with van der Waals surface area (Å²) in [6.07, 6.45) is 0.254. The van der Waals surface area contributed by atoms with Crippen LogP contribution in [-0.4, -0.2) is 36.0 Å². The van der Waals surface area contributed by atoms with E-state index in [1.807, 2.05) is 6.07 Å². The first-order chi connectivity index (χ1) is 9.04. The lowest BCUT2D eigenvalue weighted by Gasteiger charge is -2.18. The number of nitriles is 1. The third-order valence-corrected chi connectivity index (χ3v) is 3.26. The second-order valence-corrected chi connectivity index (χ2v) is 4.44. The van der Waals surface area contributed by atoms with Crippen molar-refractivity contribution in [2.45, 2.75) is 12.5 Å². The van der Waals surface area contributed by atoms with Crippen LogP contribution in [0, 0.1) is 23.0 Å². The molecule has 100 valence electrons. The van der Waals surface area contributed by atoms with E-state index >= 15 is 0 Å².